The maximum atomic E-state index is 3.74. The standard InChI is InChI=1S/C18H30N2/c1-14(2)11-16-5-7-17(8-6-16)12-19-18-9-10-20(4)13-15(18)3/h5-8,14-15,18-19H,9-13H2,1-4H3. The van der Waals surface area contributed by atoms with Crippen molar-refractivity contribution < 1.29 is 0 Å². The molecule has 2 nitrogen and oxygen atoms in total. The Morgan fingerprint density at radius 1 is 1.20 bits per heavy atom. The summed E-state index contributed by atoms with van der Waals surface area (Å²) in [6.07, 6.45) is 2.45. The van der Waals surface area contributed by atoms with Gasteiger partial charge in [0.25, 0.3) is 0 Å². The van der Waals surface area contributed by atoms with Crippen molar-refractivity contribution in [3.63, 3.8) is 0 Å². The number of nitrogens with zero attached hydrogens (tertiary/aromatic N) is 1. The summed E-state index contributed by atoms with van der Waals surface area (Å²) in [5, 5.41) is 3.74. The van der Waals surface area contributed by atoms with Gasteiger partial charge in [-0.3, -0.25) is 0 Å². The number of hydrogen-bond donors (Lipinski definition) is 1. The summed E-state index contributed by atoms with van der Waals surface area (Å²) in [6, 6.07) is 9.81. The van der Waals surface area contributed by atoms with Gasteiger partial charge in [-0.1, -0.05) is 45.0 Å². The number of rotatable bonds is 5. The molecule has 112 valence electrons. The molecule has 2 unspecified atom stereocenters. The normalized spacial score (nSPS) is 24.2. The average Bonchev–Trinajstić information content (AvgIpc) is 2.39. The zero-order chi connectivity index (χ0) is 14.5. The summed E-state index contributed by atoms with van der Waals surface area (Å²) in [6.45, 7) is 10.3. The summed E-state index contributed by atoms with van der Waals surface area (Å²) >= 11 is 0. The van der Waals surface area contributed by atoms with Gasteiger partial charge in [0.05, 0.1) is 0 Å². The second-order valence-electron chi connectivity index (χ2n) is 6.93. The van der Waals surface area contributed by atoms with E-state index in [9.17, 15) is 0 Å². The van der Waals surface area contributed by atoms with Gasteiger partial charge in [-0.15, -0.1) is 0 Å². The quantitative estimate of drug-likeness (QED) is 0.886. The molecule has 2 atom stereocenters. The minimum absolute atomic E-state index is 0.668. The van der Waals surface area contributed by atoms with Crippen LogP contribution in [0, 0.1) is 11.8 Å². The Kier molecular flexibility index (Phi) is 5.62. The van der Waals surface area contributed by atoms with Gasteiger partial charge >= 0.3 is 0 Å². The monoisotopic (exact) mass is 274 g/mol. The summed E-state index contributed by atoms with van der Waals surface area (Å²) in [4.78, 5) is 2.43. The molecule has 1 saturated heterocycles. The predicted molar refractivity (Wildman–Crippen MR) is 86.9 cm³/mol. The molecule has 0 bridgehead atoms. The summed E-state index contributed by atoms with van der Waals surface area (Å²) < 4.78 is 0. The number of benzene rings is 1. The Labute approximate surface area is 124 Å². The van der Waals surface area contributed by atoms with Crippen LogP contribution in [-0.4, -0.2) is 31.1 Å². The minimum Gasteiger partial charge on any atom is -0.310 e. The third kappa shape index (κ3) is 4.60. The van der Waals surface area contributed by atoms with E-state index >= 15 is 0 Å². The van der Waals surface area contributed by atoms with Gasteiger partial charge in [0.1, 0.15) is 0 Å². The van der Waals surface area contributed by atoms with Crippen molar-refractivity contribution in [3.8, 4) is 0 Å². The van der Waals surface area contributed by atoms with E-state index in [-0.39, 0.29) is 0 Å². The Bertz CT molecular complexity index is 396. The molecule has 20 heavy (non-hydrogen) atoms. The first-order chi connectivity index (χ1) is 9.54. The fourth-order valence-corrected chi connectivity index (χ4v) is 3.17. The molecular weight excluding hydrogens is 244 g/mol. The van der Waals surface area contributed by atoms with Crippen molar-refractivity contribution in [1.82, 2.24) is 10.2 Å². The Morgan fingerprint density at radius 3 is 2.45 bits per heavy atom. The largest absolute Gasteiger partial charge is 0.310 e. The molecule has 1 aliphatic heterocycles. The highest BCUT2D eigenvalue weighted by Gasteiger charge is 2.23. The van der Waals surface area contributed by atoms with E-state index in [0.29, 0.717) is 6.04 Å². The van der Waals surface area contributed by atoms with E-state index < -0.39 is 0 Å². The van der Waals surface area contributed by atoms with Crippen LogP contribution in [0.4, 0.5) is 0 Å². The number of likely N-dealkylation sites (tertiary alicyclic amines) is 1. The molecule has 0 aromatic heterocycles. The topological polar surface area (TPSA) is 15.3 Å². The van der Waals surface area contributed by atoms with Gasteiger partial charge < -0.3 is 10.2 Å². The van der Waals surface area contributed by atoms with Crippen LogP contribution in [0.2, 0.25) is 0 Å². The van der Waals surface area contributed by atoms with Crippen molar-refractivity contribution in [2.45, 2.75) is 46.2 Å². The summed E-state index contributed by atoms with van der Waals surface area (Å²) in [5.74, 6) is 1.48. The molecule has 0 spiro atoms. The van der Waals surface area contributed by atoms with Crippen LogP contribution in [0.15, 0.2) is 24.3 Å². The van der Waals surface area contributed by atoms with Crippen molar-refractivity contribution >= 4 is 0 Å². The van der Waals surface area contributed by atoms with Crippen LogP contribution < -0.4 is 5.32 Å². The van der Waals surface area contributed by atoms with Crippen LogP contribution >= 0.6 is 0 Å². The van der Waals surface area contributed by atoms with Crippen molar-refractivity contribution in [1.29, 1.82) is 0 Å². The molecule has 0 aliphatic carbocycles. The second kappa shape index (κ2) is 7.24. The predicted octanol–water partition coefficient (Wildman–Crippen LogP) is 3.31. The number of piperidine rings is 1. The van der Waals surface area contributed by atoms with Crippen LogP contribution in [0.25, 0.3) is 0 Å². The van der Waals surface area contributed by atoms with E-state index in [1.165, 1.54) is 37.1 Å². The van der Waals surface area contributed by atoms with Crippen LogP contribution in [0.1, 0.15) is 38.3 Å². The second-order valence-corrected chi connectivity index (χ2v) is 6.93. The lowest BCUT2D eigenvalue weighted by Gasteiger charge is -2.35. The third-order valence-electron chi connectivity index (χ3n) is 4.34. The molecule has 0 saturated carbocycles. The van der Waals surface area contributed by atoms with Crippen LogP contribution in [-0.2, 0) is 13.0 Å². The molecule has 0 amide bonds. The van der Waals surface area contributed by atoms with E-state index in [1.54, 1.807) is 0 Å². The lowest BCUT2D eigenvalue weighted by molar-refractivity contribution is 0.174. The fourth-order valence-electron chi connectivity index (χ4n) is 3.17. The molecule has 1 fully saturated rings. The Morgan fingerprint density at radius 2 is 1.85 bits per heavy atom. The number of hydrogen-bond acceptors (Lipinski definition) is 2. The van der Waals surface area contributed by atoms with E-state index in [0.717, 1.165) is 18.4 Å². The van der Waals surface area contributed by atoms with Gasteiger partial charge in [0.2, 0.25) is 0 Å². The molecule has 2 heteroatoms. The third-order valence-corrected chi connectivity index (χ3v) is 4.34. The lowest BCUT2D eigenvalue weighted by Crippen LogP contribution is -2.46. The maximum absolute atomic E-state index is 3.74. The van der Waals surface area contributed by atoms with E-state index in [4.69, 9.17) is 0 Å². The first-order valence-corrected chi connectivity index (χ1v) is 8.04. The highest BCUT2D eigenvalue weighted by molar-refractivity contribution is 5.22. The van der Waals surface area contributed by atoms with E-state index in [2.05, 4.69) is 62.3 Å². The molecule has 2 rings (SSSR count). The van der Waals surface area contributed by atoms with Gasteiger partial charge in [-0.05, 0) is 49.4 Å². The zero-order valence-corrected chi connectivity index (χ0v) is 13.5. The molecule has 1 aromatic carbocycles. The SMILES string of the molecule is CC(C)Cc1ccc(CNC2CCN(C)CC2C)cc1. The van der Waals surface area contributed by atoms with Crippen molar-refractivity contribution in [3.05, 3.63) is 35.4 Å². The Hall–Kier alpha value is -0.860. The van der Waals surface area contributed by atoms with Gasteiger partial charge in [-0.2, -0.15) is 0 Å². The van der Waals surface area contributed by atoms with Gasteiger partial charge in [-0.25, -0.2) is 0 Å². The molecule has 1 heterocycles. The summed E-state index contributed by atoms with van der Waals surface area (Å²) in [5.41, 5.74) is 2.86. The van der Waals surface area contributed by atoms with E-state index in [1.807, 2.05) is 0 Å². The smallest absolute Gasteiger partial charge is 0.0208 e. The molecule has 1 N–H and O–H groups in total. The highest BCUT2D eigenvalue weighted by atomic mass is 15.1. The van der Waals surface area contributed by atoms with Crippen molar-refractivity contribution in [2.24, 2.45) is 11.8 Å². The molecular formula is C18H30N2. The minimum atomic E-state index is 0.668. The van der Waals surface area contributed by atoms with Gasteiger partial charge in [0, 0.05) is 19.1 Å². The first-order valence-electron chi connectivity index (χ1n) is 8.04. The maximum Gasteiger partial charge on any atom is 0.0208 e. The molecule has 0 radical (unpaired) electrons. The van der Waals surface area contributed by atoms with Crippen LogP contribution in [0.3, 0.4) is 0 Å². The number of nitrogens with one attached hydrogen (secondary N) is 1. The first kappa shape index (κ1) is 15.5. The van der Waals surface area contributed by atoms with Gasteiger partial charge in [0.15, 0.2) is 0 Å². The lowest BCUT2D eigenvalue weighted by atomic mass is 9.94. The molecule has 1 aliphatic rings. The zero-order valence-electron chi connectivity index (χ0n) is 13.5. The summed E-state index contributed by atoms with van der Waals surface area (Å²) in [7, 11) is 2.22. The average molecular weight is 274 g/mol. The highest BCUT2D eigenvalue weighted by Crippen LogP contribution is 2.16. The Balaban J connectivity index is 1.82. The molecule has 1 aromatic rings. The fraction of sp³-hybridized carbons (Fsp3) is 0.667. The van der Waals surface area contributed by atoms with Crippen LogP contribution in [0.5, 0.6) is 0 Å². The van der Waals surface area contributed by atoms with Crippen molar-refractivity contribution in [2.75, 3.05) is 20.1 Å².